The van der Waals surface area contributed by atoms with Crippen molar-refractivity contribution in [2.24, 2.45) is 11.7 Å². The minimum atomic E-state index is -0.867. The monoisotopic (exact) mass is 199 g/mol. The number of carbonyl (C=O) groups is 1. The summed E-state index contributed by atoms with van der Waals surface area (Å²) in [4.78, 5) is 10.5. The van der Waals surface area contributed by atoms with E-state index in [0.717, 1.165) is 12.3 Å². The summed E-state index contributed by atoms with van der Waals surface area (Å²) >= 11 is 0. The van der Waals surface area contributed by atoms with Crippen molar-refractivity contribution in [3.05, 3.63) is 0 Å². The first-order chi connectivity index (χ1) is 6.70. The first-order valence-corrected chi connectivity index (χ1v) is 5.68. The van der Waals surface area contributed by atoms with Crippen LogP contribution in [0.25, 0.3) is 0 Å². The molecular formula is C11H21NO2. The first kappa shape index (κ1) is 11.5. The van der Waals surface area contributed by atoms with Gasteiger partial charge in [-0.3, -0.25) is 4.79 Å². The van der Waals surface area contributed by atoms with Gasteiger partial charge >= 0.3 is 5.97 Å². The van der Waals surface area contributed by atoms with Gasteiger partial charge in [0.15, 0.2) is 0 Å². The molecule has 14 heavy (non-hydrogen) atoms. The zero-order chi connectivity index (χ0) is 10.4. The smallest absolute Gasteiger partial charge is 0.320 e. The van der Waals surface area contributed by atoms with Crippen molar-refractivity contribution in [2.75, 3.05) is 0 Å². The predicted octanol–water partition coefficient (Wildman–Crippen LogP) is 2.15. The number of nitrogens with two attached hydrogens (primary N) is 1. The maximum Gasteiger partial charge on any atom is 0.320 e. The molecule has 82 valence electrons. The molecule has 1 aliphatic carbocycles. The molecule has 3 heteroatoms. The van der Waals surface area contributed by atoms with E-state index in [2.05, 4.69) is 0 Å². The Morgan fingerprint density at radius 2 is 2.00 bits per heavy atom. The summed E-state index contributed by atoms with van der Waals surface area (Å²) < 4.78 is 0. The molecule has 1 atom stereocenters. The molecule has 1 aliphatic rings. The van der Waals surface area contributed by atoms with Gasteiger partial charge in [-0.25, -0.2) is 0 Å². The van der Waals surface area contributed by atoms with Crippen molar-refractivity contribution in [2.45, 2.75) is 57.4 Å². The van der Waals surface area contributed by atoms with Gasteiger partial charge in [0.2, 0.25) is 0 Å². The van der Waals surface area contributed by atoms with E-state index in [0.29, 0.717) is 6.42 Å². The molecule has 0 aromatic carbocycles. The second-order valence-electron chi connectivity index (χ2n) is 4.38. The van der Waals surface area contributed by atoms with Gasteiger partial charge < -0.3 is 10.8 Å². The number of rotatable bonds is 5. The molecule has 0 aliphatic heterocycles. The summed E-state index contributed by atoms with van der Waals surface area (Å²) in [5.74, 6) is -0.0293. The molecule has 0 amide bonds. The highest BCUT2D eigenvalue weighted by molar-refractivity contribution is 5.72. The lowest BCUT2D eigenvalue weighted by atomic mass is 9.85. The fourth-order valence-electron chi connectivity index (χ4n) is 2.23. The minimum Gasteiger partial charge on any atom is -0.480 e. The highest BCUT2D eigenvalue weighted by atomic mass is 16.4. The molecule has 3 nitrogen and oxygen atoms in total. The number of aliphatic carboxylic acids is 1. The van der Waals surface area contributed by atoms with E-state index in [1.165, 1.54) is 38.5 Å². The molecule has 3 N–H and O–H groups in total. The molecule has 1 saturated carbocycles. The molecule has 1 rings (SSSR count). The third-order valence-corrected chi connectivity index (χ3v) is 3.17. The van der Waals surface area contributed by atoms with Gasteiger partial charge in [-0.2, -0.15) is 0 Å². The van der Waals surface area contributed by atoms with E-state index in [-0.39, 0.29) is 0 Å². The van der Waals surface area contributed by atoms with E-state index < -0.39 is 12.0 Å². The Morgan fingerprint density at radius 3 is 2.57 bits per heavy atom. The van der Waals surface area contributed by atoms with E-state index in [9.17, 15) is 4.79 Å². The molecule has 0 spiro atoms. The van der Waals surface area contributed by atoms with Crippen LogP contribution in [0, 0.1) is 5.92 Å². The van der Waals surface area contributed by atoms with Crippen molar-refractivity contribution < 1.29 is 9.90 Å². The van der Waals surface area contributed by atoms with Gasteiger partial charge in [-0.15, -0.1) is 0 Å². The van der Waals surface area contributed by atoms with Crippen LogP contribution < -0.4 is 5.73 Å². The van der Waals surface area contributed by atoms with Gasteiger partial charge in [-0.05, 0) is 12.3 Å². The fraction of sp³-hybridized carbons (Fsp3) is 0.909. The third kappa shape index (κ3) is 4.09. The summed E-state index contributed by atoms with van der Waals surface area (Å²) in [5.41, 5.74) is 5.43. The zero-order valence-electron chi connectivity index (χ0n) is 8.74. The molecule has 0 unspecified atom stereocenters. The molecule has 0 saturated heterocycles. The van der Waals surface area contributed by atoms with Crippen molar-refractivity contribution >= 4 is 5.97 Å². The highest BCUT2D eigenvalue weighted by Crippen LogP contribution is 2.27. The van der Waals surface area contributed by atoms with Gasteiger partial charge in [0.25, 0.3) is 0 Å². The first-order valence-electron chi connectivity index (χ1n) is 5.68. The lowest BCUT2D eigenvalue weighted by Crippen LogP contribution is -2.29. The maximum atomic E-state index is 10.5. The number of carboxylic acids is 1. The number of carboxylic acid groups (broad SMARTS) is 1. The summed E-state index contributed by atoms with van der Waals surface area (Å²) in [7, 11) is 0. The quantitative estimate of drug-likeness (QED) is 0.713. The maximum absolute atomic E-state index is 10.5. The Kier molecular flexibility index (Phi) is 4.94. The normalized spacial score (nSPS) is 20.6. The van der Waals surface area contributed by atoms with Gasteiger partial charge in [0.1, 0.15) is 6.04 Å². The average molecular weight is 199 g/mol. The van der Waals surface area contributed by atoms with Gasteiger partial charge in [0.05, 0.1) is 0 Å². The van der Waals surface area contributed by atoms with Crippen LogP contribution in [0.3, 0.4) is 0 Å². The van der Waals surface area contributed by atoms with Crippen LogP contribution in [-0.4, -0.2) is 17.1 Å². The summed E-state index contributed by atoms with van der Waals surface area (Å²) in [5, 5.41) is 8.59. The topological polar surface area (TPSA) is 63.3 Å². The Labute approximate surface area is 85.7 Å². The van der Waals surface area contributed by atoms with E-state index in [1.54, 1.807) is 0 Å². The van der Waals surface area contributed by atoms with Crippen LogP contribution in [-0.2, 0) is 4.79 Å². The number of hydrogen-bond donors (Lipinski definition) is 2. The second kappa shape index (κ2) is 6.02. The van der Waals surface area contributed by atoms with Crippen molar-refractivity contribution in [1.82, 2.24) is 0 Å². The van der Waals surface area contributed by atoms with Crippen molar-refractivity contribution in [1.29, 1.82) is 0 Å². The van der Waals surface area contributed by atoms with E-state index in [4.69, 9.17) is 10.8 Å². The Morgan fingerprint density at radius 1 is 1.36 bits per heavy atom. The SMILES string of the molecule is N[C@H](CCCC1CCCCC1)C(=O)O. The van der Waals surface area contributed by atoms with Crippen LogP contribution in [0.5, 0.6) is 0 Å². The zero-order valence-corrected chi connectivity index (χ0v) is 8.74. The van der Waals surface area contributed by atoms with E-state index >= 15 is 0 Å². The van der Waals surface area contributed by atoms with E-state index in [1.807, 2.05) is 0 Å². The summed E-state index contributed by atoms with van der Waals surface area (Å²) in [6.45, 7) is 0. The summed E-state index contributed by atoms with van der Waals surface area (Å²) in [6.07, 6.45) is 9.53. The standard InChI is InChI=1S/C11H21NO2/c12-10(11(13)14)8-4-7-9-5-2-1-3-6-9/h9-10H,1-8,12H2,(H,13,14)/t10-/m1/s1. The van der Waals surface area contributed by atoms with Crippen LogP contribution in [0.1, 0.15) is 51.4 Å². The third-order valence-electron chi connectivity index (χ3n) is 3.17. The highest BCUT2D eigenvalue weighted by Gasteiger charge is 2.15. The molecule has 0 aromatic heterocycles. The van der Waals surface area contributed by atoms with Crippen LogP contribution in [0.2, 0.25) is 0 Å². The second-order valence-corrected chi connectivity index (χ2v) is 4.38. The van der Waals surface area contributed by atoms with Crippen LogP contribution in [0.4, 0.5) is 0 Å². The summed E-state index contributed by atoms with van der Waals surface area (Å²) in [6, 6.07) is -0.654. The molecule has 1 fully saturated rings. The fourth-order valence-corrected chi connectivity index (χ4v) is 2.23. The van der Waals surface area contributed by atoms with Gasteiger partial charge in [0, 0.05) is 0 Å². The molecule has 0 bridgehead atoms. The van der Waals surface area contributed by atoms with Gasteiger partial charge in [-0.1, -0.05) is 44.9 Å². The van der Waals surface area contributed by atoms with Crippen LogP contribution in [0.15, 0.2) is 0 Å². The number of hydrogen-bond acceptors (Lipinski definition) is 2. The molecule has 0 radical (unpaired) electrons. The van der Waals surface area contributed by atoms with Crippen molar-refractivity contribution in [3.8, 4) is 0 Å². The molecular weight excluding hydrogens is 178 g/mol. The lowest BCUT2D eigenvalue weighted by molar-refractivity contribution is -0.138. The molecule has 0 aromatic rings. The minimum absolute atomic E-state index is 0.631. The van der Waals surface area contributed by atoms with Crippen molar-refractivity contribution in [3.63, 3.8) is 0 Å². The Balaban J connectivity index is 2.05. The Bertz CT molecular complexity index is 176. The lowest BCUT2D eigenvalue weighted by Gasteiger charge is -2.21. The largest absolute Gasteiger partial charge is 0.480 e. The Hall–Kier alpha value is -0.570. The predicted molar refractivity (Wildman–Crippen MR) is 56.0 cm³/mol. The average Bonchev–Trinajstić information content (AvgIpc) is 2.19. The molecule has 0 heterocycles. The van der Waals surface area contributed by atoms with Crippen LogP contribution >= 0.6 is 0 Å².